The van der Waals surface area contributed by atoms with Gasteiger partial charge in [-0.05, 0) is 99.9 Å². The molecule has 0 N–H and O–H groups in total. The molecular formula is C48H39BN2. The normalized spacial score (nSPS) is 14.9. The van der Waals surface area contributed by atoms with Gasteiger partial charge in [0.1, 0.15) is 0 Å². The van der Waals surface area contributed by atoms with E-state index in [0.717, 1.165) is 0 Å². The Hall–Kier alpha value is -5.80. The predicted molar refractivity (Wildman–Crippen MR) is 217 cm³/mol. The van der Waals surface area contributed by atoms with E-state index in [4.69, 9.17) is 0 Å². The first-order chi connectivity index (χ1) is 25.3. The molecule has 0 atom stereocenters. The molecule has 0 bridgehead atoms. The van der Waals surface area contributed by atoms with E-state index in [1.807, 2.05) is 0 Å². The number of anilines is 6. The van der Waals surface area contributed by atoms with E-state index in [2.05, 4.69) is 180 Å². The molecule has 0 spiro atoms. The molecule has 7 aromatic rings. The average molecular weight is 655 g/mol. The highest BCUT2D eigenvalue weighted by atomic mass is 15.2. The first kappa shape index (κ1) is 30.1. The lowest BCUT2D eigenvalue weighted by Crippen LogP contribution is -2.61. The molecule has 0 amide bonds. The molecule has 0 radical (unpaired) electrons. The maximum Gasteiger partial charge on any atom is 0.252 e. The second-order valence-corrected chi connectivity index (χ2v) is 14.3. The summed E-state index contributed by atoms with van der Waals surface area (Å²) in [6.45, 7) is 0.0883. The van der Waals surface area contributed by atoms with Crippen molar-refractivity contribution in [3.63, 3.8) is 0 Å². The maximum atomic E-state index is 2.60. The summed E-state index contributed by atoms with van der Waals surface area (Å²) >= 11 is 0. The minimum Gasteiger partial charge on any atom is -0.311 e. The fourth-order valence-electron chi connectivity index (χ4n) is 9.10. The molecule has 2 aliphatic heterocycles. The van der Waals surface area contributed by atoms with Gasteiger partial charge in [0, 0.05) is 34.0 Å². The molecule has 0 saturated heterocycles. The highest BCUT2D eigenvalue weighted by Crippen LogP contribution is 2.48. The van der Waals surface area contributed by atoms with E-state index in [-0.39, 0.29) is 6.71 Å². The quantitative estimate of drug-likeness (QED) is 0.170. The van der Waals surface area contributed by atoms with Crippen LogP contribution in [-0.4, -0.2) is 6.71 Å². The van der Waals surface area contributed by atoms with Gasteiger partial charge in [0.05, 0.1) is 5.69 Å². The van der Waals surface area contributed by atoms with E-state index >= 15 is 0 Å². The number of rotatable bonds is 5. The van der Waals surface area contributed by atoms with E-state index in [1.165, 1.54) is 110 Å². The number of benzene rings is 7. The van der Waals surface area contributed by atoms with Crippen molar-refractivity contribution >= 4 is 57.2 Å². The molecule has 1 fully saturated rings. The van der Waals surface area contributed by atoms with Crippen molar-refractivity contribution in [2.24, 2.45) is 0 Å². The van der Waals surface area contributed by atoms with Crippen LogP contribution in [0.15, 0.2) is 170 Å². The Morgan fingerprint density at radius 1 is 0.412 bits per heavy atom. The monoisotopic (exact) mass is 654 g/mol. The zero-order chi connectivity index (χ0) is 33.7. The van der Waals surface area contributed by atoms with Gasteiger partial charge < -0.3 is 9.80 Å². The molecule has 1 aliphatic carbocycles. The summed E-state index contributed by atoms with van der Waals surface area (Å²) in [4.78, 5) is 5.15. The topological polar surface area (TPSA) is 6.48 Å². The Morgan fingerprint density at radius 3 is 1.75 bits per heavy atom. The number of fused-ring (bicyclic) bond motifs is 4. The molecule has 0 unspecified atom stereocenters. The number of nitrogens with zero attached hydrogens (tertiary/aromatic N) is 2. The summed E-state index contributed by atoms with van der Waals surface area (Å²) in [6.07, 6.45) is 6.45. The van der Waals surface area contributed by atoms with E-state index in [1.54, 1.807) is 0 Å². The molecule has 244 valence electrons. The lowest BCUT2D eigenvalue weighted by molar-refractivity contribution is 0.444. The summed E-state index contributed by atoms with van der Waals surface area (Å²) < 4.78 is 0. The predicted octanol–water partition coefficient (Wildman–Crippen LogP) is 11.2. The highest BCUT2D eigenvalue weighted by molar-refractivity contribution is 7.00. The Balaban J connectivity index is 1.31. The molecule has 3 heteroatoms. The largest absolute Gasteiger partial charge is 0.311 e. The number of para-hydroxylation sites is 3. The van der Waals surface area contributed by atoms with Crippen LogP contribution in [0.2, 0.25) is 0 Å². The van der Waals surface area contributed by atoms with Crippen molar-refractivity contribution in [1.82, 2.24) is 0 Å². The molecule has 51 heavy (non-hydrogen) atoms. The van der Waals surface area contributed by atoms with Gasteiger partial charge in [-0.2, -0.15) is 0 Å². The summed E-state index contributed by atoms with van der Waals surface area (Å²) in [5.74, 6) is 0.557. The summed E-state index contributed by atoms with van der Waals surface area (Å²) in [5, 5.41) is 0. The van der Waals surface area contributed by atoms with Gasteiger partial charge in [0.15, 0.2) is 0 Å². The fourth-order valence-corrected chi connectivity index (χ4v) is 9.10. The highest BCUT2D eigenvalue weighted by Gasteiger charge is 2.44. The summed E-state index contributed by atoms with van der Waals surface area (Å²) in [5.41, 5.74) is 18.0. The second-order valence-electron chi connectivity index (χ2n) is 14.3. The van der Waals surface area contributed by atoms with Crippen molar-refractivity contribution in [2.45, 2.75) is 38.0 Å². The van der Waals surface area contributed by atoms with Gasteiger partial charge >= 0.3 is 0 Å². The smallest absolute Gasteiger partial charge is 0.252 e. The standard InChI is InChI=1S/C48H39BN2/c1-5-17-34(18-6-1)37-29-30-45-42(31-37)49-41-26-14-16-28-44(41)50(39-23-11-4-12-24-39)46-32-38(35-19-7-2-8-20-35)33-47(48(46)49)51(45)43-27-15-13-25-40(43)36-21-9-3-10-22-36/h1,3-6,9-18,21-33,35H,2,7-8,19-20H2. The molecule has 0 aromatic heterocycles. The van der Waals surface area contributed by atoms with Crippen LogP contribution in [0.4, 0.5) is 34.1 Å². The minimum absolute atomic E-state index is 0.0883. The SMILES string of the molecule is c1ccc(-c2ccc3c(c2)B2c4ccccc4N(c4ccccc4)c4cc(C5CCCCC5)cc(c42)N3c2ccccc2-c2ccccc2)cc1. The Morgan fingerprint density at radius 2 is 1.00 bits per heavy atom. The van der Waals surface area contributed by atoms with Gasteiger partial charge in [-0.1, -0.05) is 147 Å². The third-order valence-corrected chi connectivity index (χ3v) is 11.4. The summed E-state index contributed by atoms with van der Waals surface area (Å²) in [7, 11) is 0. The molecular weight excluding hydrogens is 615 g/mol. The second kappa shape index (κ2) is 12.5. The zero-order valence-corrected chi connectivity index (χ0v) is 28.8. The minimum atomic E-state index is 0.0883. The van der Waals surface area contributed by atoms with Crippen LogP contribution in [-0.2, 0) is 0 Å². The van der Waals surface area contributed by atoms with Crippen molar-refractivity contribution in [1.29, 1.82) is 0 Å². The number of hydrogen-bond donors (Lipinski definition) is 0. The molecule has 3 aliphatic rings. The molecule has 2 heterocycles. The van der Waals surface area contributed by atoms with Crippen LogP contribution < -0.4 is 26.2 Å². The first-order valence-electron chi connectivity index (χ1n) is 18.6. The third-order valence-electron chi connectivity index (χ3n) is 11.4. The zero-order valence-electron chi connectivity index (χ0n) is 28.8. The Labute approximate surface area is 301 Å². The van der Waals surface area contributed by atoms with E-state index in [9.17, 15) is 0 Å². The maximum absolute atomic E-state index is 2.60. The van der Waals surface area contributed by atoms with Crippen molar-refractivity contribution < 1.29 is 0 Å². The van der Waals surface area contributed by atoms with Crippen molar-refractivity contribution in [3.05, 3.63) is 175 Å². The average Bonchev–Trinajstić information content (AvgIpc) is 3.21. The third kappa shape index (κ3) is 5.02. The van der Waals surface area contributed by atoms with Crippen molar-refractivity contribution in [3.8, 4) is 22.3 Å². The van der Waals surface area contributed by atoms with E-state index in [0.29, 0.717) is 5.92 Å². The van der Waals surface area contributed by atoms with Crippen LogP contribution >= 0.6 is 0 Å². The Kier molecular flexibility index (Phi) is 7.38. The Bertz CT molecular complexity index is 2360. The lowest BCUT2D eigenvalue weighted by atomic mass is 9.33. The van der Waals surface area contributed by atoms with Gasteiger partial charge in [-0.3, -0.25) is 0 Å². The fraction of sp³-hybridized carbons (Fsp3) is 0.125. The van der Waals surface area contributed by atoms with Gasteiger partial charge in [-0.25, -0.2) is 0 Å². The molecule has 10 rings (SSSR count). The van der Waals surface area contributed by atoms with Crippen LogP contribution in [0.25, 0.3) is 22.3 Å². The van der Waals surface area contributed by atoms with Gasteiger partial charge in [0.2, 0.25) is 0 Å². The summed E-state index contributed by atoms with van der Waals surface area (Å²) in [6, 6.07) is 63.2. The molecule has 1 saturated carbocycles. The van der Waals surface area contributed by atoms with Gasteiger partial charge in [-0.15, -0.1) is 0 Å². The first-order valence-corrected chi connectivity index (χ1v) is 18.6. The lowest BCUT2D eigenvalue weighted by Gasteiger charge is -2.45. The van der Waals surface area contributed by atoms with Crippen LogP contribution in [0.1, 0.15) is 43.6 Å². The van der Waals surface area contributed by atoms with Crippen molar-refractivity contribution in [2.75, 3.05) is 9.80 Å². The number of hydrogen-bond acceptors (Lipinski definition) is 2. The van der Waals surface area contributed by atoms with Crippen LogP contribution in [0.5, 0.6) is 0 Å². The molecule has 7 aromatic carbocycles. The van der Waals surface area contributed by atoms with Crippen LogP contribution in [0.3, 0.4) is 0 Å². The van der Waals surface area contributed by atoms with E-state index < -0.39 is 0 Å². The van der Waals surface area contributed by atoms with Gasteiger partial charge in [0.25, 0.3) is 6.71 Å². The molecule has 2 nitrogen and oxygen atoms in total. The van der Waals surface area contributed by atoms with Crippen LogP contribution in [0, 0.1) is 0 Å².